The van der Waals surface area contributed by atoms with E-state index >= 15 is 0 Å². The van der Waals surface area contributed by atoms with E-state index in [1.807, 2.05) is 0 Å². The van der Waals surface area contributed by atoms with Crippen LogP contribution in [0.2, 0.25) is 0 Å². The third kappa shape index (κ3) is 15.1. The van der Waals surface area contributed by atoms with Crippen LogP contribution < -0.4 is 0 Å². The Kier molecular flexibility index (Phi) is 21.8. The molecule has 29 rings (SSSR count). The molecule has 0 aliphatic carbocycles. The summed E-state index contributed by atoms with van der Waals surface area (Å²) in [5.41, 5.74) is 30.1. The molecule has 0 spiro atoms. The molecule has 0 bridgehead atoms. The Morgan fingerprint density at radius 3 is 0.548 bits per heavy atom. The van der Waals surface area contributed by atoms with Gasteiger partial charge in [-0.2, -0.15) is 0 Å². The van der Waals surface area contributed by atoms with E-state index in [4.69, 9.17) is 0 Å². The van der Waals surface area contributed by atoms with Crippen LogP contribution in [-0.2, 0) is 0 Å². The van der Waals surface area contributed by atoms with Crippen LogP contribution in [0.3, 0.4) is 0 Å². The zero-order chi connectivity index (χ0) is 96.5. The number of fused-ring (bicyclic) bond motifs is 14. The van der Waals surface area contributed by atoms with Gasteiger partial charge in [0.15, 0.2) is 0 Å². The third-order valence-corrected chi connectivity index (χ3v) is 30.4. The number of hydrogen-bond donors (Lipinski definition) is 0. The average Bonchev–Trinajstić information content (AvgIpc) is 0.730. The van der Waals surface area contributed by atoms with Crippen LogP contribution in [0.15, 0.2) is 570 Å². The zero-order valence-corrected chi connectivity index (χ0v) is 80.3. The van der Waals surface area contributed by atoms with Gasteiger partial charge >= 0.3 is 0 Å². The normalized spacial score (nSPS) is 11.6. The van der Waals surface area contributed by atoms with E-state index in [1.165, 1.54) is 284 Å². The third-order valence-electron chi connectivity index (χ3n) is 30.4. The summed E-state index contributed by atoms with van der Waals surface area (Å²) in [6, 6.07) is 209. The number of benzene rings is 29. The smallest absolute Gasteiger partial charge is 0.00201 e. The summed E-state index contributed by atoms with van der Waals surface area (Å²) in [7, 11) is 0. The molecule has 0 saturated heterocycles. The second-order valence-electron chi connectivity index (χ2n) is 38.4. The highest BCUT2D eigenvalue weighted by atomic mass is 14.3. The molecule has 29 aromatic rings. The van der Waals surface area contributed by atoms with Gasteiger partial charge in [-0.05, 0) is 309 Å². The fourth-order valence-electron chi connectivity index (χ4n) is 23.9. The van der Waals surface area contributed by atoms with Gasteiger partial charge < -0.3 is 0 Å². The van der Waals surface area contributed by atoms with E-state index in [2.05, 4.69) is 570 Å². The monoisotopic (exact) mass is 1850 g/mol. The molecule has 29 aromatic carbocycles. The van der Waals surface area contributed by atoms with Gasteiger partial charge in [-0.1, -0.05) is 546 Å². The van der Waals surface area contributed by atoms with Crippen molar-refractivity contribution in [2.45, 2.75) is 0 Å². The predicted octanol–water partition coefficient (Wildman–Crippen LogP) is 41.2. The highest BCUT2D eigenvalue weighted by molar-refractivity contribution is 6.28. The zero-order valence-electron chi connectivity index (χ0n) is 80.3. The fraction of sp³-hybridized carbons (Fsp3) is 0. The summed E-state index contributed by atoms with van der Waals surface area (Å²) < 4.78 is 0. The number of hydrogen-bond acceptors (Lipinski definition) is 0. The molecule has 0 amide bonds. The minimum atomic E-state index is 1.22. The molecule has 0 aliphatic heterocycles. The SMILES string of the molecule is c1cc(-c2ccc(-c3ccc4ccccc4c3)c3ccccc23)cc(-c2c3ccccc3c(-c3cccc4ccccc34)c3ccccc23)c1.c1cc(-c2ccc(-c3cccc4ccccc34)c3ccccc23)cc(-c2c3ccccc3c(-c3cccc4ccccc34)c3ccccc23)c1.c1ccc(-c2ccc(-c3cccc(-c4c5ccccc5c(-c5cccc6ccccc56)c5ccccc45)c3)c3ccccc23)cc1. The van der Waals surface area contributed by atoms with Crippen molar-refractivity contribution in [3.8, 4) is 134 Å². The summed E-state index contributed by atoms with van der Waals surface area (Å²) in [5, 5.41) is 35.5. The van der Waals surface area contributed by atoms with Gasteiger partial charge in [0.25, 0.3) is 0 Å². The van der Waals surface area contributed by atoms with Crippen LogP contribution in [0.4, 0.5) is 0 Å². The molecular weight excluding hydrogens is 1750 g/mol. The lowest BCUT2D eigenvalue weighted by Crippen LogP contribution is -1.92. The van der Waals surface area contributed by atoms with Crippen molar-refractivity contribution in [2.75, 3.05) is 0 Å². The Hall–Kier alpha value is -19.0. The lowest BCUT2D eigenvalue weighted by molar-refractivity contribution is 1.62. The summed E-state index contributed by atoms with van der Waals surface area (Å²) in [4.78, 5) is 0. The molecule has 0 atom stereocenters. The van der Waals surface area contributed by atoms with E-state index in [0.29, 0.717) is 0 Å². The minimum Gasteiger partial charge on any atom is -0.0622 e. The highest BCUT2D eigenvalue weighted by Crippen LogP contribution is 2.53. The number of rotatable bonds is 12. The molecule has 0 N–H and O–H groups in total. The van der Waals surface area contributed by atoms with Gasteiger partial charge in [0.2, 0.25) is 0 Å². The van der Waals surface area contributed by atoms with Gasteiger partial charge in [-0.25, -0.2) is 0 Å². The average molecular weight is 1850 g/mol. The van der Waals surface area contributed by atoms with E-state index < -0.39 is 0 Å². The molecule has 0 heterocycles. The van der Waals surface area contributed by atoms with Gasteiger partial charge in [-0.3, -0.25) is 0 Å². The van der Waals surface area contributed by atoms with Gasteiger partial charge in [-0.15, -0.1) is 0 Å². The van der Waals surface area contributed by atoms with E-state index in [1.54, 1.807) is 0 Å². The second kappa shape index (κ2) is 36.9. The highest BCUT2D eigenvalue weighted by Gasteiger charge is 2.26. The predicted molar refractivity (Wildman–Crippen MR) is 630 cm³/mol. The molecule has 678 valence electrons. The Balaban J connectivity index is 0.000000109. The molecule has 0 aliphatic rings. The molecule has 0 radical (unpaired) electrons. The maximum atomic E-state index is 2.39. The van der Waals surface area contributed by atoms with Gasteiger partial charge in [0.1, 0.15) is 0 Å². The Bertz CT molecular complexity index is 10100. The van der Waals surface area contributed by atoms with Crippen molar-refractivity contribution in [2.24, 2.45) is 0 Å². The van der Waals surface area contributed by atoms with Crippen LogP contribution in [0.1, 0.15) is 0 Å². The van der Waals surface area contributed by atoms with Crippen molar-refractivity contribution in [1.29, 1.82) is 0 Å². The fourth-order valence-corrected chi connectivity index (χ4v) is 23.9. The summed E-state index contributed by atoms with van der Waals surface area (Å²) in [5.74, 6) is 0. The first-order chi connectivity index (χ1) is 72.5. The molecule has 0 nitrogen and oxygen atoms in total. The Morgan fingerprint density at radius 1 is 0.0685 bits per heavy atom. The standard InChI is InChI=1S/2C50H32.C46H30/c1-3-20-37-33(14-1)16-12-28-41(37)43-31-30-39(40-22-5-6-23-42(40)43)35-18-11-19-36(32-35)49-45-24-7-9-26-47(45)50(48-27-10-8-25-46(48)49)44-29-13-17-34-15-2-4-21-38(34)44;1-2-15-35-31-37(28-27-33(35)13-1)41-30-29-40(42-20-5-6-21-43(41)42)36-17-11-18-38(32-36)49-45-22-7-9-24-47(45)50(48-25-10-8-23-46(48)49)44-26-12-16-34-14-3-4-19-39(34)44;1-2-14-31(15-3-1)36-28-29-37(39-22-7-6-21-38(36)39)33-18-12-19-34(30-33)45-41-23-8-10-25-43(41)46(44-26-11-9-24-42(44)45)40-27-13-17-32-16-4-5-20-35(32)40/h2*1-32H;1-30H. The van der Waals surface area contributed by atoms with Crippen LogP contribution in [0, 0.1) is 0 Å². The summed E-state index contributed by atoms with van der Waals surface area (Å²) >= 11 is 0. The summed E-state index contributed by atoms with van der Waals surface area (Å²) in [6.07, 6.45) is 0. The minimum absolute atomic E-state index is 1.22. The molecule has 0 aromatic heterocycles. The van der Waals surface area contributed by atoms with Crippen molar-refractivity contribution in [3.05, 3.63) is 570 Å². The topological polar surface area (TPSA) is 0 Å². The van der Waals surface area contributed by atoms with E-state index in [9.17, 15) is 0 Å². The molecule has 0 heteroatoms. The Morgan fingerprint density at radius 2 is 0.247 bits per heavy atom. The molecule has 0 unspecified atom stereocenters. The van der Waals surface area contributed by atoms with Crippen LogP contribution in [-0.4, -0.2) is 0 Å². The lowest BCUT2D eigenvalue weighted by Gasteiger charge is -2.19. The van der Waals surface area contributed by atoms with Gasteiger partial charge in [0, 0.05) is 0 Å². The van der Waals surface area contributed by atoms with Crippen LogP contribution in [0.25, 0.3) is 284 Å². The maximum Gasteiger partial charge on any atom is -0.00201 e. The van der Waals surface area contributed by atoms with Crippen LogP contribution >= 0.6 is 0 Å². The Labute approximate surface area is 848 Å². The first kappa shape index (κ1) is 86.1. The second-order valence-corrected chi connectivity index (χ2v) is 38.4. The van der Waals surface area contributed by atoms with Crippen molar-refractivity contribution in [1.82, 2.24) is 0 Å². The molecule has 0 fully saturated rings. The molecule has 146 heavy (non-hydrogen) atoms. The van der Waals surface area contributed by atoms with Crippen molar-refractivity contribution >= 4 is 151 Å². The first-order valence-electron chi connectivity index (χ1n) is 50.7. The van der Waals surface area contributed by atoms with Gasteiger partial charge in [0.05, 0.1) is 0 Å². The van der Waals surface area contributed by atoms with E-state index in [0.717, 1.165) is 0 Å². The van der Waals surface area contributed by atoms with Crippen molar-refractivity contribution < 1.29 is 0 Å². The van der Waals surface area contributed by atoms with Crippen LogP contribution in [0.5, 0.6) is 0 Å². The molecular formula is C146H94. The quantitative estimate of drug-likeness (QED) is 0.107. The lowest BCUT2D eigenvalue weighted by atomic mass is 9.84. The largest absolute Gasteiger partial charge is 0.0622 e. The van der Waals surface area contributed by atoms with E-state index in [-0.39, 0.29) is 0 Å². The maximum absolute atomic E-state index is 2.39. The first-order valence-corrected chi connectivity index (χ1v) is 50.7. The summed E-state index contributed by atoms with van der Waals surface area (Å²) in [6.45, 7) is 0. The molecule has 0 saturated carbocycles. The van der Waals surface area contributed by atoms with Crippen molar-refractivity contribution in [3.63, 3.8) is 0 Å².